The first-order valence-electron chi connectivity index (χ1n) is 9.08. The van der Waals surface area contributed by atoms with Gasteiger partial charge in [0.25, 0.3) is 5.91 Å². The van der Waals surface area contributed by atoms with Crippen LogP contribution in [0.25, 0.3) is 21.5 Å². The summed E-state index contributed by atoms with van der Waals surface area (Å²) in [4.78, 5) is 21.3. The lowest BCUT2D eigenvalue weighted by Gasteiger charge is -2.21. The summed E-state index contributed by atoms with van der Waals surface area (Å²) in [6, 6.07) is 11.4. The first-order chi connectivity index (χ1) is 14.4. The average Bonchev–Trinajstić information content (AvgIpc) is 3.40. The van der Waals surface area contributed by atoms with Crippen molar-refractivity contribution in [1.82, 2.24) is 15.3 Å². The van der Waals surface area contributed by atoms with Gasteiger partial charge in [0, 0.05) is 34.8 Å². The minimum absolute atomic E-state index is 0.0548. The summed E-state index contributed by atoms with van der Waals surface area (Å²) in [6.07, 6.45) is -1.08. The Morgan fingerprint density at radius 3 is 2.73 bits per heavy atom. The van der Waals surface area contributed by atoms with E-state index in [0.717, 1.165) is 27.5 Å². The third-order valence-corrected chi connectivity index (χ3v) is 5.86. The van der Waals surface area contributed by atoms with Crippen molar-refractivity contribution < 1.29 is 18.0 Å². The molecule has 0 saturated heterocycles. The second-order valence-corrected chi connectivity index (χ2v) is 7.69. The minimum Gasteiger partial charge on any atom is -0.346 e. The Labute approximate surface area is 173 Å². The Morgan fingerprint density at radius 2 is 1.97 bits per heavy atom. The number of thiophene rings is 1. The molecule has 0 fully saturated rings. The topological polar surface area (TPSA) is 83.8 Å². The van der Waals surface area contributed by atoms with E-state index in [1.165, 1.54) is 29.5 Å². The number of pyridine rings is 1. The number of aromatic nitrogens is 2. The summed E-state index contributed by atoms with van der Waals surface area (Å²) in [6.45, 7) is -0.161. The van der Waals surface area contributed by atoms with Crippen molar-refractivity contribution in [1.29, 1.82) is 0 Å². The molecular weight excluding hydrogens is 413 g/mol. The van der Waals surface area contributed by atoms with E-state index in [1.54, 1.807) is 18.5 Å². The van der Waals surface area contributed by atoms with Crippen LogP contribution in [0.3, 0.4) is 0 Å². The normalized spacial score (nSPS) is 12.8. The number of H-pyrrole nitrogens is 1. The van der Waals surface area contributed by atoms with E-state index in [-0.39, 0.29) is 12.1 Å². The number of hydrogen-bond donors (Lipinski definition) is 3. The highest BCUT2D eigenvalue weighted by Gasteiger charge is 2.35. The maximum absolute atomic E-state index is 13.3. The summed E-state index contributed by atoms with van der Waals surface area (Å²) in [5, 5.41) is 3.56. The van der Waals surface area contributed by atoms with Crippen molar-refractivity contribution in [3.63, 3.8) is 0 Å². The number of amides is 1. The van der Waals surface area contributed by atoms with E-state index >= 15 is 0 Å². The standard InChI is InChI=1S/C21H17F3N4OS/c22-21(23,24)15-4-2-1-3-14(15)16(11-25)28-20(29)18-6-5-17(30-18)12-7-9-26-19-13(12)8-10-27-19/h1-10,16H,11,25H2,(H,26,27)(H,28,29). The molecule has 1 unspecified atom stereocenters. The zero-order valence-corrected chi connectivity index (χ0v) is 16.3. The van der Waals surface area contributed by atoms with E-state index in [4.69, 9.17) is 5.73 Å². The van der Waals surface area contributed by atoms with Gasteiger partial charge < -0.3 is 16.0 Å². The Bertz CT molecular complexity index is 1200. The van der Waals surface area contributed by atoms with Gasteiger partial charge in [-0.2, -0.15) is 13.2 Å². The van der Waals surface area contributed by atoms with E-state index in [0.29, 0.717) is 4.88 Å². The first kappa shape index (κ1) is 20.1. The lowest BCUT2D eigenvalue weighted by atomic mass is 9.99. The second-order valence-electron chi connectivity index (χ2n) is 6.61. The van der Waals surface area contributed by atoms with Gasteiger partial charge in [-0.15, -0.1) is 11.3 Å². The van der Waals surface area contributed by atoms with Crippen LogP contribution in [0.2, 0.25) is 0 Å². The highest BCUT2D eigenvalue weighted by Crippen LogP contribution is 2.35. The van der Waals surface area contributed by atoms with Gasteiger partial charge in [0.05, 0.1) is 16.5 Å². The van der Waals surface area contributed by atoms with Crippen LogP contribution in [0.5, 0.6) is 0 Å². The van der Waals surface area contributed by atoms with Gasteiger partial charge >= 0.3 is 6.18 Å². The van der Waals surface area contributed by atoms with Crippen LogP contribution >= 0.6 is 11.3 Å². The van der Waals surface area contributed by atoms with Crippen LogP contribution in [-0.2, 0) is 6.18 Å². The predicted molar refractivity (Wildman–Crippen MR) is 110 cm³/mol. The molecule has 5 nitrogen and oxygen atoms in total. The van der Waals surface area contributed by atoms with Crippen LogP contribution in [0.4, 0.5) is 13.2 Å². The maximum atomic E-state index is 13.3. The van der Waals surface area contributed by atoms with E-state index in [9.17, 15) is 18.0 Å². The number of aromatic amines is 1. The van der Waals surface area contributed by atoms with E-state index < -0.39 is 23.7 Å². The molecule has 3 aromatic heterocycles. The molecule has 154 valence electrons. The molecule has 4 N–H and O–H groups in total. The van der Waals surface area contributed by atoms with Gasteiger partial charge in [0.1, 0.15) is 5.65 Å². The SMILES string of the molecule is NCC(NC(=O)c1ccc(-c2ccnc3[nH]ccc23)s1)c1ccccc1C(F)(F)F. The molecule has 3 heterocycles. The molecule has 1 aromatic carbocycles. The summed E-state index contributed by atoms with van der Waals surface area (Å²) >= 11 is 1.25. The van der Waals surface area contributed by atoms with Crippen molar-refractivity contribution in [3.05, 3.63) is 76.9 Å². The quantitative estimate of drug-likeness (QED) is 0.428. The fourth-order valence-corrected chi connectivity index (χ4v) is 4.28. The number of nitrogens with zero attached hydrogens (tertiary/aromatic N) is 1. The molecule has 1 atom stereocenters. The largest absolute Gasteiger partial charge is 0.416 e. The summed E-state index contributed by atoms with van der Waals surface area (Å²) in [5.41, 5.74) is 6.49. The maximum Gasteiger partial charge on any atom is 0.416 e. The molecule has 0 spiro atoms. The number of carbonyl (C=O) groups is 1. The number of carbonyl (C=O) groups excluding carboxylic acids is 1. The number of rotatable bonds is 5. The first-order valence-corrected chi connectivity index (χ1v) is 9.89. The zero-order chi connectivity index (χ0) is 21.3. The Morgan fingerprint density at radius 1 is 1.17 bits per heavy atom. The van der Waals surface area contributed by atoms with Crippen LogP contribution in [0, 0.1) is 0 Å². The fourth-order valence-electron chi connectivity index (χ4n) is 3.33. The Hall–Kier alpha value is -3.17. The summed E-state index contributed by atoms with van der Waals surface area (Å²) < 4.78 is 40.0. The predicted octanol–water partition coefficient (Wildman–Crippen LogP) is 4.74. The van der Waals surface area contributed by atoms with Crippen molar-refractivity contribution >= 4 is 28.3 Å². The van der Waals surface area contributed by atoms with Gasteiger partial charge in [-0.25, -0.2) is 4.98 Å². The van der Waals surface area contributed by atoms with Crippen LogP contribution < -0.4 is 11.1 Å². The van der Waals surface area contributed by atoms with Crippen molar-refractivity contribution in [2.45, 2.75) is 12.2 Å². The number of alkyl halides is 3. The molecule has 0 aliphatic rings. The van der Waals surface area contributed by atoms with Crippen LogP contribution in [0.15, 0.2) is 60.9 Å². The third kappa shape index (κ3) is 3.81. The molecule has 4 rings (SSSR count). The third-order valence-electron chi connectivity index (χ3n) is 4.74. The molecule has 0 aliphatic heterocycles. The summed E-state index contributed by atoms with van der Waals surface area (Å²) in [7, 11) is 0. The molecule has 0 aliphatic carbocycles. The molecule has 0 bridgehead atoms. The van der Waals surface area contributed by atoms with Gasteiger partial charge in [0.15, 0.2) is 0 Å². The minimum atomic E-state index is -4.53. The summed E-state index contributed by atoms with van der Waals surface area (Å²) in [5.74, 6) is -0.474. The average molecular weight is 430 g/mol. The van der Waals surface area contributed by atoms with Crippen molar-refractivity contribution in [3.8, 4) is 10.4 Å². The van der Waals surface area contributed by atoms with Gasteiger partial charge in [-0.1, -0.05) is 18.2 Å². The number of benzene rings is 1. The lowest BCUT2D eigenvalue weighted by Crippen LogP contribution is -2.34. The number of fused-ring (bicyclic) bond motifs is 1. The second kappa shape index (κ2) is 7.92. The lowest BCUT2D eigenvalue weighted by molar-refractivity contribution is -0.138. The molecule has 0 radical (unpaired) electrons. The number of halogens is 3. The van der Waals surface area contributed by atoms with Gasteiger partial charge in [-0.3, -0.25) is 4.79 Å². The molecule has 0 saturated carbocycles. The van der Waals surface area contributed by atoms with Crippen molar-refractivity contribution in [2.75, 3.05) is 6.54 Å². The van der Waals surface area contributed by atoms with Crippen LogP contribution in [-0.4, -0.2) is 22.4 Å². The Balaban J connectivity index is 1.60. The highest BCUT2D eigenvalue weighted by atomic mass is 32.1. The molecule has 1 amide bonds. The number of hydrogen-bond acceptors (Lipinski definition) is 4. The van der Waals surface area contributed by atoms with Gasteiger partial charge in [-0.05, 0) is 35.9 Å². The highest BCUT2D eigenvalue weighted by molar-refractivity contribution is 7.17. The molecule has 30 heavy (non-hydrogen) atoms. The van der Waals surface area contributed by atoms with E-state index in [2.05, 4.69) is 15.3 Å². The monoisotopic (exact) mass is 430 g/mol. The smallest absolute Gasteiger partial charge is 0.346 e. The zero-order valence-electron chi connectivity index (χ0n) is 15.5. The number of nitrogens with one attached hydrogen (secondary N) is 2. The molecular formula is C21H17F3N4OS. The molecule has 9 heteroatoms. The van der Waals surface area contributed by atoms with Crippen molar-refractivity contribution in [2.24, 2.45) is 5.73 Å². The Kier molecular flexibility index (Phi) is 5.31. The van der Waals surface area contributed by atoms with Crippen LogP contribution in [0.1, 0.15) is 26.8 Å². The fraction of sp³-hybridized carbons (Fsp3) is 0.143. The van der Waals surface area contributed by atoms with Gasteiger partial charge in [0.2, 0.25) is 0 Å². The van der Waals surface area contributed by atoms with E-state index in [1.807, 2.05) is 18.2 Å². The molecule has 4 aromatic rings. The number of nitrogens with two attached hydrogens (primary N) is 1.